The molecule has 0 spiro atoms. The van der Waals surface area contributed by atoms with Crippen molar-refractivity contribution in [1.29, 1.82) is 5.26 Å². The Labute approximate surface area is 121 Å². The van der Waals surface area contributed by atoms with E-state index >= 15 is 0 Å². The number of nitrogens with zero attached hydrogens (tertiary/aromatic N) is 3. The van der Waals surface area contributed by atoms with Gasteiger partial charge in [-0.2, -0.15) is 5.26 Å². The molecule has 0 fully saturated rings. The van der Waals surface area contributed by atoms with Gasteiger partial charge < -0.3 is 4.90 Å². The summed E-state index contributed by atoms with van der Waals surface area (Å²) in [6.45, 7) is 0.894. The van der Waals surface area contributed by atoms with Gasteiger partial charge in [-0.25, -0.2) is 0 Å². The lowest BCUT2D eigenvalue weighted by atomic mass is 10.1. The molecule has 1 aromatic heterocycles. The first kappa shape index (κ1) is 13.6. The first-order chi connectivity index (χ1) is 9.19. The maximum Gasteiger partial charge on any atom is 0.0992 e. The molecule has 0 amide bonds. The summed E-state index contributed by atoms with van der Waals surface area (Å²) in [5.74, 6) is 0. The lowest BCUT2D eigenvalue weighted by Crippen LogP contribution is -2.20. The molecule has 0 N–H and O–H groups in total. The summed E-state index contributed by atoms with van der Waals surface area (Å²) < 4.78 is 0.928. The Morgan fingerprint density at radius 2 is 2.00 bits per heavy atom. The third-order valence-corrected chi connectivity index (χ3v) is 3.40. The smallest absolute Gasteiger partial charge is 0.0992 e. The zero-order chi connectivity index (χ0) is 13.7. The van der Waals surface area contributed by atoms with Crippen molar-refractivity contribution in [3.8, 4) is 6.07 Å². The molecule has 2 rings (SSSR count). The number of hydrogen-bond acceptors (Lipinski definition) is 3. The van der Waals surface area contributed by atoms with Crippen LogP contribution in [-0.2, 0) is 6.42 Å². The number of rotatable bonds is 4. The number of likely N-dealkylation sites (N-methyl/N-ethyl adjacent to an activating group) is 1. The van der Waals surface area contributed by atoms with E-state index in [1.807, 2.05) is 49.8 Å². The zero-order valence-corrected chi connectivity index (χ0v) is 12.3. The van der Waals surface area contributed by atoms with E-state index < -0.39 is 0 Å². The van der Waals surface area contributed by atoms with E-state index in [-0.39, 0.29) is 0 Å². The van der Waals surface area contributed by atoms with E-state index in [0.29, 0.717) is 5.56 Å². The Kier molecular flexibility index (Phi) is 4.53. The van der Waals surface area contributed by atoms with Crippen LogP contribution in [0.2, 0.25) is 0 Å². The van der Waals surface area contributed by atoms with Crippen LogP contribution < -0.4 is 4.90 Å². The van der Waals surface area contributed by atoms with Crippen molar-refractivity contribution in [1.82, 2.24) is 4.98 Å². The molecule has 1 aromatic carbocycles. The molecule has 3 nitrogen and oxygen atoms in total. The molecule has 0 aliphatic heterocycles. The largest absolute Gasteiger partial charge is 0.374 e. The summed E-state index contributed by atoms with van der Waals surface area (Å²) >= 11 is 3.43. The van der Waals surface area contributed by atoms with E-state index in [2.05, 4.69) is 31.9 Å². The Morgan fingerprint density at radius 3 is 2.68 bits per heavy atom. The van der Waals surface area contributed by atoms with Crippen molar-refractivity contribution in [2.75, 3.05) is 18.5 Å². The highest BCUT2D eigenvalue weighted by Gasteiger charge is 2.04. The highest BCUT2D eigenvalue weighted by Crippen LogP contribution is 2.22. The van der Waals surface area contributed by atoms with Crippen LogP contribution in [-0.4, -0.2) is 18.6 Å². The molecule has 1 heterocycles. The highest BCUT2D eigenvalue weighted by molar-refractivity contribution is 9.10. The van der Waals surface area contributed by atoms with Gasteiger partial charge in [0.25, 0.3) is 0 Å². The maximum absolute atomic E-state index is 8.98. The fourth-order valence-corrected chi connectivity index (χ4v) is 2.32. The summed E-state index contributed by atoms with van der Waals surface area (Å²) in [6.07, 6.45) is 4.57. The van der Waals surface area contributed by atoms with E-state index in [1.165, 1.54) is 5.56 Å². The van der Waals surface area contributed by atoms with Crippen molar-refractivity contribution in [3.05, 3.63) is 58.3 Å². The Balaban J connectivity index is 2.06. The van der Waals surface area contributed by atoms with Crippen LogP contribution in [0.5, 0.6) is 0 Å². The van der Waals surface area contributed by atoms with Crippen LogP contribution >= 0.6 is 15.9 Å². The van der Waals surface area contributed by atoms with Gasteiger partial charge in [0.05, 0.1) is 11.6 Å². The van der Waals surface area contributed by atoms with Crippen LogP contribution in [0.3, 0.4) is 0 Å². The number of hydrogen-bond donors (Lipinski definition) is 0. The van der Waals surface area contributed by atoms with E-state index in [0.717, 1.165) is 23.1 Å². The molecular formula is C15H14BrN3. The van der Waals surface area contributed by atoms with Gasteiger partial charge in [0.15, 0.2) is 0 Å². The van der Waals surface area contributed by atoms with Crippen molar-refractivity contribution < 1.29 is 0 Å². The highest BCUT2D eigenvalue weighted by atomic mass is 79.9. The van der Waals surface area contributed by atoms with Crippen molar-refractivity contribution >= 4 is 21.6 Å². The average Bonchev–Trinajstić information content (AvgIpc) is 2.45. The second-order valence-electron chi connectivity index (χ2n) is 4.34. The van der Waals surface area contributed by atoms with Crippen molar-refractivity contribution in [2.45, 2.75) is 6.42 Å². The van der Waals surface area contributed by atoms with Crippen molar-refractivity contribution in [3.63, 3.8) is 0 Å². The van der Waals surface area contributed by atoms with Gasteiger partial charge in [0.1, 0.15) is 0 Å². The quantitative estimate of drug-likeness (QED) is 0.868. The van der Waals surface area contributed by atoms with Gasteiger partial charge >= 0.3 is 0 Å². The molecule has 19 heavy (non-hydrogen) atoms. The molecule has 0 unspecified atom stereocenters. The lowest BCUT2D eigenvalue weighted by molar-refractivity contribution is 0.874. The molecule has 4 heteroatoms. The molecular weight excluding hydrogens is 302 g/mol. The van der Waals surface area contributed by atoms with E-state index in [1.54, 1.807) is 0 Å². The minimum Gasteiger partial charge on any atom is -0.374 e. The number of benzene rings is 1. The average molecular weight is 316 g/mol. The van der Waals surface area contributed by atoms with Gasteiger partial charge in [-0.05, 0) is 42.3 Å². The first-order valence-corrected chi connectivity index (χ1v) is 6.79. The van der Waals surface area contributed by atoms with Gasteiger partial charge in [-0.1, -0.05) is 15.9 Å². The number of pyridine rings is 1. The molecule has 0 aliphatic carbocycles. The molecule has 2 aromatic rings. The SMILES string of the molecule is CN(CCc1ccncc1)c1cc(Br)cc(C#N)c1. The summed E-state index contributed by atoms with van der Waals surface area (Å²) in [7, 11) is 2.03. The fraction of sp³-hybridized carbons (Fsp3) is 0.200. The third kappa shape index (κ3) is 3.80. The lowest BCUT2D eigenvalue weighted by Gasteiger charge is -2.19. The number of halogens is 1. The van der Waals surface area contributed by atoms with Crippen LogP contribution in [0, 0.1) is 11.3 Å². The maximum atomic E-state index is 8.98. The molecule has 0 saturated heterocycles. The minimum atomic E-state index is 0.667. The Hall–Kier alpha value is -1.86. The monoisotopic (exact) mass is 315 g/mol. The van der Waals surface area contributed by atoms with Gasteiger partial charge in [0.2, 0.25) is 0 Å². The van der Waals surface area contributed by atoms with Crippen LogP contribution in [0.4, 0.5) is 5.69 Å². The standard InChI is InChI=1S/C15H14BrN3/c1-19(7-4-12-2-5-18-6-3-12)15-9-13(11-17)8-14(16)10-15/h2-3,5-6,8-10H,4,7H2,1H3. The predicted molar refractivity (Wildman–Crippen MR) is 80.1 cm³/mol. The summed E-state index contributed by atoms with van der Waals surface area (Å²) in [6, 6.07) is 12.0. The second-order valence-corrected chi connectivity index (χ2v) is 5.25. The van der Waals surface area contributed by atoms with E-state index in [9.17, 15) is 0 Å². The summed E-state index contributed by atoms with van der Waals surface area (Å²) in [5.41, 5.74) is 2.97. The summed E-state index contributed by atoms with van der Waals surface area (Å²) in [5, 5.41) is 8.98. The van der Waals surface area contributed by atoms with Crippen LogP contribution in [0.15, 0.2) is 47.2 Å². The number of aromatic nitrogens is 1. The fourth-order valence-electron chi connectivity index (χ4n) is 1.83. The Morgan fingerprint density at radius 1 is 1.26 bits per heavy atom. The second kappa shape index (κ2) is 6.35. The number of nitriles is 1. The molecule has 0 aliphatic rings. The molecule has 0 saturated carbocycles. The van der Waals surface area contributed by atoms with Crippen molar-refractivity contribution in [2.24, 2.45) is 0 Å². The predicted octanol–water partition coefficient (Wildman–Crippen LogP) is 3.39. The van der Waals surface area contributed by atoms with E-state index in [4.69, 9.17) is 5.26 Å². The van der Waals surface area contributed by atoms with Gasteiger partial charge in [-0.15, -0.1) is 0 Å². The molecule has 96 valence electrons. The normalized spacial score (nSPS) is 9.95. The third-order valence-electron chi connectivity index (χ3n) is 2.94. The number of anilines is 1. The molecule has 0 atom stereocenters. The topological polar surface area (TPSA) is 39.9 Å². The Bertz CT molecular complexity index is 590. The molecule has 0 radical (unpaired) electrons. The minimum absolute atomic E-state index is 0.667. The van der Waals surface area contributed by atoms with Crippen LogP contribution in [0.1, 0.15) is 11.1 Å². The van der Waals surface area contributed by atoms with Crippen LogP contribution in [0.25, 0.3) is 0 Å². The first-order valence-electron chi connectivity index (χ1n) is 6.00. The summed E-state index contributed by atoms with van der Waals surface area (Å²) in [4.78, 5) is 6.15. The van der Waals surface area contributed by atoms with Gasteiger partial charge in [-0.3, -0.25) is 4.98 Å². The van der Waals surface area contributed by atoms with Gasteiger partial charge in [0, 0.05) is 36.1 Å². The molecule has 0 bridgehead atoms. The zero-order valence-electron chi connectivity index (χ0n) is 10.7.